The summed E-state index contributed by atoms with van der Waals surface area (Å²) in [4.78, 5) is 22.0. The van der Waals surface area contributed by atoms with Crippen molar-refractivity contribution in [1.82, 2.24) is 14.2 Å². The van der Waals surface area contributed by atoms with E-state index in [0.29, 0.717) is 17.5 Å². The Kier molecular flexibility index (Phi) is 7.67. The van der Waals surface area contributed by atoms with Gasteiger partial charge >= 0.3 is 0 Å². The Morgan fingerprint density at radius 1 is 1.05 bits per heavy atom. The number of carbonyl (C=O) groups excluding carboxylic acids is 1. The molecule has 37 heavy (non-hydrogen) atoms. The molecular weight excluding hydrogens is 512 g/mol. The van der Waals surface area contributed by atoms with Gasteiger partial charge in [-0.15, -0.1) is 0 Å². The molecule has 2 aromatic carbocycles. The van der Waals surface area contributed by atoms with Crippen molar-refractivity contribution in [3.63, 3.8) is 0 Å². The van der Waals surface area contributed by atoms with E-state index < -0.39 is 10.0 Å². The van der Waals surface area contributed by atoms with Gasteiger partial charge in [-0.3, -0.25) is 4.79 Å². The molecule has 1 unspecified atom stereocenters. The van der Waals surface area contributed by atoms with Gasteiger partial charge in [-0.25, -0.2) is 13.4 Å². The predicted octanol–water partition coefficient (Wildman–Crippen LogP) is 3.65. The molecule has 0 spiro atoms. The molecule has 3 heterocycles. The highest BCUT2D eigenvalue weighted by Gasteiger charge is 2.39. The van der Waals surface area contributed by atoms with E-state index in [1.165, 1.54) is 4.31 Å². The number of sulfonamides is 1. The SMILES string of the molecule is COCC1CN(S(=O)(=O)c2ccc3cc(Cl)ccc3c2)CC(=O)N1CC1CCN(c2ccccn2)CC1. The van der Waals surface area contributed by atoms with E-state index in [1.54, 1.807) is 49.7 Å². The summed E-state index contributed by atoms with van der Waals surface area (Å²) >= 11 is 6.06. The molecule has 8 nitrogen and oxygen atoms in total. The maximum absolute atomic E-state index is 13.5. The number of halogens is 1. The summed E-state index contributed by atoms with van der Waals surface area (Å²) in [5.74, 6) is 1.14. The topological polar surface area (TPSA) is 83.0 Å². The zero-order valence-corrected chi connectivity index (χ0v) is 22.4. The number of piperazine rings is 1. The summed E-state index contributed by atoms with van der Waals surface area (Å²) < 4.78 is 33.8. The fourth-order valence-corrected chi connectivity index (χ4v) is 6.92. The van der Waals surface area contributed by atoms with Gasteiger partial charge in [-0.2, -0.15) is 4.31 Å². The van der Waals surface area contributed by atoms with Crippen LogP contribution in [-0.4, -0.2) is 81.0 Å². The van der Waals surface area contributed by atoms with Crippen LogP contribution in [0.25, 0.3) is 10.8 Å². The van der Waals surface area contributed by atoms with Crippen LogP contribution in [0, 0.1) is 5.92 Å². The van der Waals surface area contributed by atoms with Gasteiger partial charge in [0.1, 0.15) is 5.82 Å². The van der Waals surface area contributed by atoms with E-state index in [4.69, 9.17) is 16.3 Å². The third-order valence-electron chi connectivity index (χ3n) is 7.30. The Hall–Kier alpha value is -2.72. The number of carbonyl (C=O) groups is 1. The zero-order chi connectivity index (χ0) is 26.0. The van der Waals surface area contributed by atoms with Gasteiger partial charge in [0.2, 0.25) is 15.9 Å². The maximum atomic E-state index is 13.5. The Bertz CT molecular complexity index is 1360. The predicted molar refractivity (Wildman–Crippen MR) is 144 cm³/mol. The van der Waals surface area contributed by atoms with Crippen molar-refractivity contribution >= 4 is 44.1 Å². The minimum Gasteiger partial charge on any atom is -0.382 e. The van der Waals surface area contributed by atoms with Crippen LogP contribution in [0.2, 0.25) is 5.02 Å². The summed E-state index contributed by atoms with van der Waals surface area (Å²) in [6.07, 6.45) is 3.70. The molecule has 0 saturated carbocycles. The highest BCUT2D eigenvalue weighted by molar-refractivity contribution is 7.89. The van der Waals surface area contributed by atoms with Crippen LogP contribution in [0.15, 0.2) is 65.7 Å². The average Bonchev–Trinajstić information content (AvgIpc) is 2.91. The van der Waals surface area contributed by atoms with Crippen LogP contribution in [0.4, 0.5) is 5.82 Å². The molecule has 2 aliphatic rings. The van der Waals surface area contributed by atoms with Crippen molar-refractivity contribution in [2.75, 3.05) is 51.3 Å². The number of hydrogen-bond acceptors (Lipinski definition) is 6. The highest BCUT2D eigenvalue weighted by Crippen LogP contribution is 2.28. The molecule has 1 amide bonds. The maximum Gasteiger partial charge on any atom is 0.243 e. The second kappa shape index (κ2) is 10.9. The van der Waals surface area contributed by atoms with Gasteiger partial charge in [0.15, 0.2) is 0 Å². The minimum atomic E-state index is -3.86. The van der Waals surface area contributed by atoms with Crippen LogP contribution in [-0.2, 0) is 19.6 Å². The van der Waals surface area contributed by atoms with Crippen molar-refractivity contribution < 1.29 is 17.9 Å². The lowest BCUT2D eigenvalue weighted by molar-refractivity contribution is -0.140. The number of piperidine rings is 1. The summed E-state index contributed by atoms with van der Waals surface area (Å²) in [6.45, 7) is 2.67. The Balaban J connectivity index is 1.28. The molecule has 5 rings (SSSR count). The standard InChI is InChI=1S/C27H31ClN4O4S/c1-36-19-24-17-31(37(34,35)25-8-6-21-14-23(28)7-5-22(21)15-25)18-27(33)32(24)16-20-9-12-30(13-10-20)26-4-2-3-11-29-26/h2-8,11,14-15,20,24H,9-10,12-13,16-19H2,1H3. The molecule has 0 radical (unpaired) electrons. The average molecular weight is 543 g/mol. The number of pyridine rings is 1. The van der Waals surface area contributed by atoms with Crippen molar-refractivity contribution in [1.29, 1.82) is 0 Å². The smallest absolute Gasteiger partial charge is 0.243 e. The number of aromatic nitrogens is 1. The number of ether oxygens (including phenoxy) is 1. The Morgan fingerprint density at radius 2 is 1.81 bits per heavy atom. The molecule has 2 aliphatic heterocycles. The van der Waals surface area contributed by atoms with Gasteiger partial charge in [0.05, 0.1) is 24.1 Å². The molecular formula is C27H31ClN4O4S. The lowest BCUT2D eigenvalue weighted by Crippen LogP contribution is -2.60. The molecule has 2 fully saturated rings. The van der Waals surface area contributed by atoms with E-state index in [9.17, 15) is 13.2 Å². The van der Waals surface area contributed by atoms with E-state index >= 15 is 0 Å². The van der Waals surface area contributed by atoms with Crippen LogP contribution < -0.4 is 4.90 Å². The molecule has 0 bridgehead atoms. The summed E-state index contributed by atoms with van der Waals surface area (Å²) in [6, 6.07) is 15.9. The van der Waals surface area contributed by atoms with Gasteiger partial charge in [0.25, 0.3) is 0 Å². The van der Waals surface area contributed by atoms with Gasteiger partial charge in [0, 0.05) is 44.5 Å². The van der Waals surface area contributed by atoms with Crippen LogP contribution in [0.5, 0.6) is 0 Å². The second-order valence-corrected chi connectivity index (χ2v) is 12.1. The normalized spacial score (nSPS) is 20.1. The number of hydrogen-bond donors (Lipinski definition) is 0. The Labute approximate surface area is 222 Å². The number of rotatable bonds is 7. The fraction of sp³-hybridized carbons (Fsp3) is 0.407. The van der Waals surface area contributed by atoms with E-state index in [1.807, 2.05) is 23.1 Å². The van der Waals surface area contributed by atoms with Gasteiger partial charge in [-0.1, -0.05) is 29.8 Å². The van der Waals surface area contributed by atoms with Crippen molar-refractivity contribution in [3.8, 4) is 0 Å². The van der Waals surface area contributed by atoms with Crippen molar-refractivity contribution in [2.24, 2.45) is 5.92 Å². The summed E-state index contributed by atoms with van der Waals surface area (Å²) in [5, 5.41) is 2.23. The first-order chi connectivity index (χ1) is 17.8. The Morgan fingerprint density at radius 3 is 2.54 bits per heavy atom. The number of benzene rings is 2. The molecule has 10 heteroatoms. The van der Waals surface area contributed by atoms with Crippen LogP contribution in [0.1, 0.15) is 12.8 Å². The largest absolute Gasteiger partial charge is 0.382 e. The third-order valence-corrected chi connectivity index (χ3v) is 9.34. The molecule has 0 N–H and O–H groups in total. The van der Waals surface area contributed by atoms with E-state index in [-0.39, 0.29) is 36.5 Å². The third kappa shape index (κ3) is 5.60. The number of amides is 1. The first-order valence-corrected chi connectivity index (χ1v) is 14.3. The van der Waals surface area contributed by atoms with Gasteiger partial charge in [-0.05, 0) is 65.9 Å². The molecule has 2 saturated heterocycles. The van der Waals surface area contributed by atoms with Crippen molar-refractivity contribution in [2.45, 2.75) is 23.8 Å². The highest BCUT2D eigenvalue weighted by atomic mass is 35.5. The minimum absolute atomic E-state index is 0.168. The number of methoxy groups -OCH3 is 1. The first-order valence-electron chi connectivity index (χ1n) is 12.5. The number of fused-ring (bicyclic) bond motifs is 1. The monoisotopic (exact) mass is 542 g/mol. The molecule has 1 atom stereocenters. The van der Waals surface area contributed by atoms with E-state index in [0.717, 1.165) is 42.5 Å². The number of nitrogens with zero attached hydrogens (tertiary/aromatic N) is 4. The molecule has 0 aliphatic carbocycles. The second-order valence-electron chi connectivity index (χ2n) is 9.72. The number of anilines is 1. The van der Waals surface area contributed by atoms with Gasteiger partial charge < -0.3 is 14.5 Å². The first kappa shape index (κ1) is 25.9. The zero-order valence-electron chi connectivity index (χ0n) is 20.8. The lowest BCUT2D eigenvalue weighted by Gasteiger charge is -2.43. The molecule has 3 aromatic rings. The summed E-state index contributed by atoms with van der Waals surface area (Å²) in [5.41, 5.74) is 0. The summed E-state index contributed by atoms with van der Waals surface area (Å²) in [7, 11) is -2.28. The fourth-order valence-electron chi connectivity index (χ4n) is 5.28. The van der Waals surface area contributed by atoms with Crippen LogP contribution >= 0.6 is 11.6 Å². The van der Waals surface area contributed by atoms with Crippen molar-refractivity contribution in [3.05, 3.63) is 65.8 Å². The lowest BCUT2D eigenvalue weighted by atomic mass is 9.95. The van der Waals surface area contributed by atoms with Crippen LogP contribution in [0.3, 0.4) is 0 Å². The quantitative estimate of drug-likeness (QED) is 0.453. The van der Waals surface area contributed by atoms with E-state index in [2.05, 4.69) is 9.88 Å². The molecule has 196 valence electrons. The molecule has 1 aromatic heterocycles.